The zero-order chi connectivity index (χ0) is 15.9. The summed E-state index contributed by atoms with van der Waals surface area (Å²) >= 11 is 0. The van der Waals surface area contributed by atoms with Gasteiger partial charge in [-0.1, -0.05) is 0 Å². The Kier molecular flexibility index (Phi) is 5.42. The van der Waals surface area contributed by atoms with Gasteiger partial charge in [-0.25, -0.2) is 0 Å². The molecule has 0 saturated carbocycles. The van der Waals surface area contributed by atoms with Crippen LogP contribution in [0, 0.1) is 6.92 Å². The van der Waals surface area contributed by atoms with Crippen molar-refractivity contribution in [2.45, 2.75) is 20.8 Å². The van der Waals surface area contributed by atoms with Crippen molar-refractivity contribution in [3.63, 3.8) is 0 Å². The molecule has 0 aliphatic carbocycles. The highest BCUT2D eigenvalue weighted by atomic mass is 16.3. The van der Waals surface area contributed by atoms with Crippen LogP contribution in [-0.2, 0) is 4.79 Å². The molecule has 0 atom stereocenters. The monoisotopic (exact) mass is 298 g/mol. The minimum atomic E-state index is -0.171. The average molecular weight is 298 g/mol. The summed E-state index contributed by atoms with van der Waals surface area (Å²) in [6, 6.07) is 9.66. The maximum absolute atomic E-state index is 11.9. The first-order valence-electron chi connectivity index (χ1n) is 7.52. The third-order valence-electron chi connectivity index (χ3n) is 3.54. The maximum Gasteiger partial charge on any atom is 0.248 e. The van der Waals surface area contributed by atoms with E-state index in [1.165, 1.54) is 11.8 Å². The zero-order valence-electron chi connectivity index (χ0n) is 13.3. The van der Waals surface area contributed by atoms with Crippen molar-refractivity contribution < 1.29 is 9.21 Å². The lowest BCUT2D eigenvalue weighted by molar-refractivity contribution is -0.111. The van der Waals surface area contributed by atoms with Gasteiger partial charge in [0.15, 0.2) is 0 Å². The molecule has 2 rings (SSSR count). The third-order valence-corrected chi connectivity index (χ3v) is 3.54. The van der Waals surface area contributed by atoms with E-state index in [4.69, 9.17) is 4.42 Å². The predicted octanol–water partition coefficient (Wildman–Crippen LogP) is 4.09. The first-order valence-corrected chi connectivity index (χ1v) is 7.52. The molecule has 1 amide bonds. The molecule has 0 radical (unpaired) electrons. The Morgan fingerprint density at radius 1 is 1.27 bits per heavy atom. The molecule has 0 aliphatic rings. The highest BCUT2D eigenvalue weighted by molar-refractivity contribution is 6.02. The Balaban J connectivity index is 2.05. The van der Waals surface area contributed by atoms with Gasteiger partial charge < -0.3 is 14.6 Å². The zero-order valence-corrected chi connectivity index (χ0v) is 13.3. The maximum atomic E-state index is 11.9. The number of nitrogens with one attached hydrogen (secondary N) is 1. The molecule has 1 aromatic heterocycles. The summed E-state index contributed by atoms with van der Waals surface area (Å²) in [4.78, 5) is 14.2. The number of furan rings is 1. The molecule has 22 heavy (non-hydrogen) atoms. The number of amides is 1. The Hall–Kier alpha value is -2.49. The second-order valence-electron chi connectivity index (χ2n) is 5.01. The SMILES string of the molecule is CCN(CC)c1ccc(NC(=O)/C=C/c2ccco2)c(C)c1. The number of carbonyl (C=O) groups excluding carboxylic acids is 1. The molecule has 0 saturated heterocycles. The van der Waals surface area contributed by atoms with Crippen molar-refractivity contribution in [3.05, 3.63) is 54.0 Å². The fourth-order valence-electron chi connectivity index (χ4n) is 2.29. The van der Waals surface area contributed by atoms with Crippen molar-refractivity contribution in [1.82, 2.24) is 0 Å². The lowest BCUT2D eigenvalue weighted by atomic mass is 10.1. The summed E-state index contributed by atoms with van der Waals surface area (Å²) < 4.78 is 5.15. The number of hydrogen-bond donors (Lipinski definition) is 1. The molecule has 1 N–H and O–H groups in total. The molecule has 4 heteroatoms. The lowest BCUT2D eigenvalue weighted by Crippen LogP contribution is -2.22. The van der Waals surface area contributed by atoms with Crippen molar-refractivity contribution in [2.24, 2.45) is 0 Å². The number of nitrogens with zero attached hydrogens (tertiary/aromatic N) is 1. The second kappa shape index (κ2) is 7.50. The van der Waals surface area contributed by atoms with Gasteiger partial charge in [-0.3, -0.25) is 4.79 Å². The van der Waals surface area contributed by atoms with Gasteiger partial charge in [0.05, 0.1) is 6.26 Å². The quantitative estimate of drug-likeness (QED) is 0.817. The fourth-order valence-corrected chi connectivity index (χ4v) is 2.29. The van der Waals surface area contributed by atoms with Crippen LogP contribution in [0.15, 0.2) is 47.1 Å². The van der Waals surface area contributed by atoms with Gasteiger partial charge in [0.25, 0.3) is 0 Å². The van der Waals surface area contributed by atoms with Gasteiger partial charge in [0.1, 0.15) is 5.76 Å². The van der Waals surface area contributed by atoms with E-state index in [-0.39, 0.29) is 5.91 Å². The molecule has 4 nitrogen and oxygen atoms in total. The van der Waals surface area contributed by atoms with Gasteiger partial charge in [0, 0.05) is 30.5 Å². The number of aryl methyl sites for hydroxylation is 1. The van der Waals surface area contributed by atoms with Crippen LogP contribution in [0.3, 0.4) is 0 Å². The van der Waals surface area contributed by atoms with Crippen molar-refractivity contribution >= 4 is 23.4 Å². The molecule has 0 fully saturated rings. The first kappa shape index (κ1) is 15.9. The van der Waals surface area contributed by atoms with E-state index < -0.39 is 0 Å². The molecule has 116 valence electrons. The topological polar surface area (TPSA) is 45.5 Å². The fraction of sp³-hybridized carbons (Fsp3) is 0.278. The highest BCUT2D eigenvalue weighted by Gasteiger charge is 2.06. The van der Waals surface area contributed by atoms with Gasteiger partial charge in [-0.15, -0.1) is 0 Å². The lowest BCUT2D eigenvalue weighted by Gasteiger charge is -2.22. The minimum absolute atomic E-state index is 0.171. The van der Waals surface area contributed by atoms with E-state index in [0.717, 1.165) is 24.3 Å². The van der Waals surface area contributed by atoms with E-state index in [1.54, 1.807) is 24.5 Å². The van der Waals surface area contributed by atoms with Gasteiger partial charge in [0.2, 0.25) is 5.91 Å². The van der Waals surface area contributed by atoms with Crippen LogP contribution in [0.5, 0.6) is 0 Å². The van der Waals surface area contributed by atoms with E-state index in [0.29, 0.717) is 5.76 Å². The third kappa shape index (κ3) is 4.01. The highest BCUT2D eigenvalue weighted by Crippen LogP contribution is 2.22. The van der Waals surface area contributed by atoms with Gasteiger partial charge in [-0.05, 0) is 62.7 Å². The van der Waals surface area contributed by atoms with Crippen LogP contribution in [0.2, 0.25) is 0 Å². The number of hydrogen-bond acceptors (Lipinski definition) is 3. The molecule has 1 heterocycles. The summed E-state index contributed by atoms with van der Waals surface area (Å²) in [5.41, 5.74) is 3.04. The number of rotatable bonds is 6. The Morgan fingerprint density at radius 2 is 2.05 bits per heavy atom. The molecule has 0 spiro atoms. The van der Waals surface area contributed by atoms with E-state index >= 15 is 0 Å². The normalized spacial score (nSPS) is 10.9. The van der Waals surface area contributed by atoms with E-state index in [9.17, 15) is 4.79 Å². The first-order chi connectivity index (χ1) is 10.6. The smallest absolute Gasteiger partial charge is 0.248 e. The van der Waals surface area contributed by atoms with E-state index in [1.807, 2.05) is 19.1 Å². The number of carbonyl (C=O) groups is 1. The summed E-state index contributed by atoms with van der Waals surface area (Å²) in [6.07, 6.45) is 4.69. The van der Waals surface area contributed by atoms with Crippen LogP contribution < -0.4 is 10.2 Å². The summed E-state index contributed by atoms with van der Waals surface area (Å²) in [5, 5.41) is 2.89. The molecular weight excluding hydrogens is 276 g/mol. The Morgan fingerprint density at radius 3 is 2.64 bits per heavy atom. The van der Waals surface area contributed by atoms with Gasteiger partial charge >= 0.3 is 0 Å². The number of benzene rings is 1. The molecule has 0 unspecified atom stereocenters. The molecule has 0 bridgehead atoms. The summed E-state index contributed by atoms with van der Waals surface area (Å²) in [7, 11) is 0. The van der Waals surface area contributed by atoms with Crippen molar-refractivity contribution in [2.75, 3.05) is 23.3 Å². The van der Waals surface area contributed by atoms with Crippen molar-refractivity contribution in [3.8, 4) is 0 Å². The standard InChI is InChI=1S/C18H22N2O2/c1-4-20(5-2)15-8-10-17(14(3)13-15)19-18(21)11-9-16-7-6-12-22-16/h6-13H,4-5H2,1-3H3,(H,19,21)/b11-9+. The van der Waals surface area contributed by atoms with Gasteiger partial charge in [-0.2, -0.15) is 0 Å². The molecule has 1 aromatic carbocycles. The summed E-state index contributed by atoms with van der Waals surface area (Å²) in [5.74, 6) is 0.485. The second-order valence-corrected chi connectivity index (χ2v) is 5.01. The molecule has 2 aromatic rings. The van der Waals surface area contributed by atoms with Crippen LogP contribution in [-0.4, -0.2) is 19.0 Å². The van der Waals surface area contributed by atoms with E-state index in [2.05, 4.69) is 30.1 Å². The van der Waals surface area contributed by atoms with Crippen LogP contribution in [0.25, 0.3) is 6.08 Å². The molecule has 0 aliphatic heterocycles. The van der Waals surface area contributed by atoms with Crippen LogP contribution in [0.1, 0.15) is 25.2 Å². The molecular formula is C18H22N2O2. The Bertz CT molecular complexity index is 641. The van der Waals surface area contributed by atoms with Crippen LogP contribution in [0.4, 0.5) is 11.4 Å². The average Bonchev–Trinajstić information content (AvgIpc) is 3.02. The largest absolute Gasteiger partial charge is 0.465 e. The summed E-state index contributed by atoms with van der Waals surface area (Å²) in [6.45, 7) is 8.20. The van der Waals surface area contributed by atoms with Crippen LogP contribution >= 0.6 is 0 Å². The van der Waals surface area contributed by atoms with Crippen molar-refractivity contribution in [1.29, 1.82) is 0 Å². The minimum Gasteiger partial charge on any atom is -0.465 e. The number of anilines is 2. The predicted molar refractivity (Wildman–Crippen MR) is 91.1 cm³/mol. The Labute approximate surface area is 131 Å².